The van der Waals surface area contributed by atoms with E-state index in [4.69, 9.17) is 5.11 Å². The summed E-state index contributed by atoms with van der Waals surface area (Å²) in [5.74, 6) is -0.908. The Labute approximate surface area is 98.1 Å². The molecule has 0 unspecified atom stereocenters. The van der Waals surface area contributed by atoms with Gasteiger partial charge in [-0.2, -0.15) is 0 Å². The lowest BCUT2D eigenvalue weighted by atomic mass is 9.74. The van der Waals surface area contributed by atoms with E-state index in [1.807, 2.05) is 0 Å². The standard InChI is InChI=1S/C12H14O3S/c1-12(2)4-3-7-8(5-12)9(6-13)16-10(7)11(14)15/h6H,3-5H2,1-2H3,(H,14,15). The Balaban J connectivity index is 2.55. The summed E-state index contributed by atoms with van der Waals surface area (Å²) in [7, 11) is 0. The minimum absolute atomic E-state index is 0.168. The summed E-state index contributed by atoms with van der Waals surface area (Å²) in [6.07, 6.45) is 3.35. The number of carbonyl (C=O) groups excluding carboxylic acids is 1. The van der Waals surface area contributed by atoms with Gasteiger partial charge < -0.3 is 5.11 Å². The highest BCUT2D eigenvalue weighted by atomic mass is 32.1. The van der Waals surface area contributed by atoms with E-state index in [-0.39, 0.29) is 5.41 Å². The van der Waals surface area contributed by atoms with Crippen molar-refractivity contribution < 1.29 is 14.7 Å². The molecule has 0 saturated heterocycles. The van der Waals surface area contributed by atoms with E-state index in [9.17, 15) is 9.59 Å². The number of carboxylic acids is 1. The molecule has 2 rings (SSSR count). The lowest BCUT2D eigenvalue weighted by molar-refractivity contribution is 0.0700. The monoisotopic (exact) mass is 238 g/mol. The average Bonchev–Trinajstić information content (AvgIpc) is 2.54. The third-order valence-electron chi connectivity index (χ3n) is 3.16. The Bertz CT molecular complexity index is 457. The van der Waals surface area contributed by atoms with E-state index >= 15 is 0 Å². The molecule has 1 aromatic rings. The van der Waals surface area contributed by atoms with E-state index in [0.29, 0.717) is 9.75 Å². The Hall–Kier alpha value is -1.16. The van der Waals surface area contributed by atoms with Gasteiger partial charge in [-0.3, -0.25) is 4.79 Å². The fourth-order valence-corrected chi connectivity index (χ4v) is 3.30. The van der Waals surface area contributed by atoms with E-state index in [0.717, 1.165) is 48.0 Å². The molecule has 86 valence electrons. The molecule has 0 spiro atoms. The molecule has 0 fully saturated rings. The summed E-state index contributed by atoms with van der Waals surface area (Å²) in [5.41, 5.74) is 2.02. The normalized spacial score (nSPS) is 17.9. The van der Waals surface area contributed by atoms with Crippen LogP contribution in [0.1, 0.15) is 50.7 Å². The molecular weight excluding hydrogens is 224 g/mol. The minimum atomic E-state index is -0.908. The predicted molar refractivity (Wildman–Crippen MR) is 62.5 cm³/mol. The van der Waals surface area contributed by atoms with Gasteiger partial charge in [-0.25, -0.2) is 4.79 Å². The number of rotatable bonds is 2. The molecule has 0 amide bonds. The molecule has 16 heavy (non-hydrogen) atoms. The molecule has 0 aromatic carbocycles. The van der Waals surface area contributed by atoms with Crippen LogP contribution in [0.3, 0.4) is 0 Å². The molecule has 1 heterocycles. The van der Waals surface area contributed by atoms with Crippen molar-refractivity contribution in [3.05, 3.63) is 20.9 Å². The van der Waals surface area contributed by atoms with Gasteiger partial charge in [-0.1, -0.05) is 13.8 Å². The van der Waals surface area contributed by atoms with Crippen LogP contribution in [-0.2, 0) is 12.8 Å². The van der Waals surface area contributed by atoms with Crippen LogP contribution in [0.25, 0.3) is 0 Å². The van der Waals surface area contributed by atoms with Gasteiger partial charge in [-0.15, -0.1) is 11.3 Å². The Morgan fingerprint density at radius 1 is 1.44 bits per heavy atom. The first-order valence-corrected chi connectivity index (χ1v) is 6.09. The average molecular weight is 238 g/mol. The number of hydrogen-bond donors (Lipinski definition) is 1. The molecule has 4 heteroatoms. The van der Waals surface area contributed by atoms with Gasteiger partial charge in [0, 0.05) is 0 Å². The maximum absolute atomic E-state index is 11.1. The molecule has 3 nitrogen and oxygen atoms in total. The maximum Gasteiger partial charge on any atom is 0.346 e. The van der Waals surface area contributed by atoms with Gasteiger partial charge in [0.05, 0.1) is 4.88 Å². The molecule has 0 saturated carbocycles. The van der Waals surface area contributed by atoms with Gasteiger partial charge in [0.25, 0.3) is 0 Å². The van der Waals surface area contributed by atoms with E-state index in [2.05, 4.69) is 13.8 Å². The van der Waals surface area contributed by atoms with Crippen molar-refractivity contribution in [2.45, 2.75) is 33.1 Å². The van der Waals surface area contributed by atoms with E-state index < -0.39 is 5.97 Å². The number of carbonyl (C=O) groups is 2. The summed E-state index contributed by atoms with van der Waals surface area (Å²) in [6, 6.07) is 0. The largest absolute Gasteiger partial charge is 0.477 e. The lowest BCUT2D eigenvalue weighted by Crippen LogP contribution is -2.22. The quantitative estimate of drug-likeness (QED) is 0.806. The van der Waals surface area contributed by atoms with Crippen LogP contribution >= 0.6 is 11.3 Å². The van der Waals surface area contributed by atoms with Gasteiger partial charge >= 0.3 is 5.97 Å². The number of hydrogen-bond acceptors (Lipinski definition) is 3. The van der Waals surface area contributed by atoms with Gasteiger partial charge in [0.1, 0.15) is 4.88 Å². The number of carboxylic acid groups (broad SMARTS) is 1. The van der Waals surface area contributed by atoms with Crippen molar-refractivity contribution in [2.24, 2.45) is 5.41 Å². The predicted octanol–water partition coefficient (Wildman–Crippen LogP) is 2.77. The molecule has 1 aliphatic carbocycles. The van der Waals surface area contributed by atoms with Crippen LogP contribution in [-0.4, -0.2) is 17.4 Å². The number of aldehydes is 1. The van der Waals surface area contributed by atoms with Crippen molar-refractivity contribution in [1.29, 1.82) is 0 Å². The summed E-state index contributed by atoms with van der Waals surface area (Å²) in [5, 5.41) is 9.07. The van der Waals surface area contributed by atoms with Crippen molar-refractivity contribution >= 4 is 23.6 Å². The topological polar surface area (TPSA) is 54.4 Å². The van der Waals surface area contributed by atoms with Gasteiger partial charge in [0.15, 0.2) is 6.29 Å². The first kappa shape index (κ1) is 11.3. The second kappa shape index (κ2) is 3.70. The molecule has 0 aliphatic heterocycles. The van der Waals surface area contributed by atoms with Crippen LogP contribution in [0.4, 0.5) is 0 Å². The zero-order valence-electron chi connectivity index (χ0n) is 9.37. The molecule has 1 aromatic heterocycles. The molecule has 0 bridgehead atoms. The van der Waals surface area contributed by atoms with Crippen molar-refractivity contribution in [1.82, 2.24) is 0 Å². The van der Waals surface area contributed by atoms with Crippen LogP contribution in [0, 0.1) is 5.41 Å². The highest BCUT2D eigenvalue weighted by molar-refractivity contribution is 7.15. The van der Waals surface area contributed by atoms with Crippen LogP contribution in [0.5, 0.6) is 0 Å². The number of fused-ring (bicyclic) bond motifs is 1. The molecule has 1 aliphatic rings. The molecule has 1 N–H and O–H groups in total. The lowest BCUT2D eigenvalue weighted by Gasteiger charge is -2.30. The van der Waals surface area contributed by atoms with Crippen LogP contribution < -0.4 is 0 Å². The summed E-state index contributed by atoms with van der Waals surface area (Å²) in [6.45, 7) is 4.31. The zero-order chi connectivity index (χ0) is 11.9. The van der Waals surface area contributed by atoms with Gasteiger partial charge in [-0.05, 0) is 35.8 Å². The molecule has 0 radical (unpaired) electrons. The van der Waals surface area contributed by atoms with Gasteiger partial charge in [0.2, 0.25) is 0 Å². The van der Waals surface area contributed by atoms with E-state index in [1.54, 1.807) is 0 Å². The number of thiophene rings is 1. The Morgan fingerprint density at radius 2 is 2.12 bits per heavy atom. The third-order valence-corrected chi connectivity index (χ3v) is 4.34. The maximum atomic E-state index is 11.1. The fourth-order valence-electron chi connectivity index (χ4n) is 2.28. The summed E-state index contributed by atoms with van der Waals surface area (Å²) >= 11 is 1.12. The number of aromatic carboxylic acids is 1. The smallest absolute Gasteiger partial charge is 0.346 e. The van der Waals surface area contributed by atoms with Crippen molar-refractivity contribution in [3.63, 3.8) is 0 Å². The Morgan fingerprint density at radius 3 is 2.69 bits per heavy atom. The van der Waals surface area contributed by atoms with Crippen molar-refractivity contribution in [3.8, 4) is 0 Å². The minimum Gasteiger partial charge on any atom is -0.477 e. The van der Waals surface area contributed by atoms with E-state index in [1.165, 1.54) is 0 Å². The first-order chi connectivity index (χ1) is 7.44. The SMILES string of the molecule is CC1(C)CCc2c(C(=O)O)sc(C=O)c2C1. The first-order valence-electron chi connectivity index (χ1n) is 5.27. The summed E-state index contributed by atoms with van der Waals surface area (Å²) < 4.78 is 0. The summed E-state index contributed by atoms with van der Waals surface area (Å²) in [4.78, 5) is 23.0. The molecule has 0 atom stereocenters. The van der Waals surface area contributed by atoms with Crippen LogP contribution in [0.2, 0.25) is 0 Å². The zero-order valence-corrected chi connectivity index (χ0v) is 10.2. The molecular formula is C12H14O3S. The second-order valence-electron chi connectivity index (χ2n) is 5.02. The fraction of sp³-hybridized carbons (Fsp3) is 0.500. The highest BCUT2D eigenvalue weighted by Gasteiger charge is 2.32. The van der Waals surface area contributed by atoms with Crippen molar-refractivity contribution in [2.75, 3.05) is 0 Å². The highest BCUT2D eigenvalue weighted by Crippen LogP contribution is 2.40. The third kappa shape index (κ3) is 1.78. The second-order valence-corrected chi connectivity index (χ2v) is 6.07. The van der Waals surface area contributed by atoms with Crippen LogP contribution in [0.15, 0.2) is 0 Å². The Kier molecular flexibility index (Phi) is 2.62.